The van der Waals surface area contributed by atoms with Crippen LogP contribution in [0.25, 0.3) is 0 Å². The Kier molecular flexibility index (Phi) is 5.26. The van der Waals surface area contributed by atoms with Crippen LogP contribution in [0.15, 0.2) is 5.10 Å². The van der Waals surface area contributed by atoms with Crippen LogP contribution in [0.3, 0.4) is 0 Å². The average molecular weight is 389 g/mol. The standard InChI is InChI=1S/C23H40N4O/c1-15-8-10-22(2)16(12-15)4-5-17-18-6-7-20(21(28)13-27(25)26-14-24)23(18,3)11-9-19(17)22/h14-20H,4-13,25H2,1-3H3,(H2,24,26). The Morgan fingerprint density at radius 1 is 1.07 bits per heavy atom. The van der Waals surface area contributed by atoms with Gasteiger partial charge in [-0.25, -0.2) is 11.0 Å². The average Bonchev–Trinajstić information content (AvgIpc) is 3.00. The highest BCUT2D eigenvalue weighted by molar-refractivity contribution is 5.84. The van der Waals surface area contributed by atoms with E-state index in [9.17, 15) is 4.79 Å². The van der Waals surface area contributed by atoms with Crippen molar-refractivity contribution in [2.75, 3.05) is 6.54 Å². The Labute approximate surface area is 170 Å². The first-order valence-electron chi connectivity index (χ1n) is 11.6. The lowest BCUT2D eigenvalue weighted by Gasteiger charge is -2.61. The number of Topliss-reactive ketones (excluding diaryl/α,β-unsaturated/α-hetero) is 1. The predicted molar refractivity (Wildman–Crippen MR) is 113 cm³/mol. The minimum atomic E-state index is 0.134. The van der Waals surface area contributed by atoms with Gasteiger partial charge in [-0.2, -0.15) is 5.10 Å². The third-order valence-corrected chi connectivity index (χ3v) is 9.85. The Morgan fingerprint density at radius 3 is 2.54 bits per heavy atom. The summed E-state index contributed by atoms with van der Waals surface area (Å²) in [4.78, 5) is 13.0. The van der Waals surface area contributed by atoms with Crippen LogP contribution in [0, 0.1) is 46.3 Å². The minimum Gasteiger partial charge on any atom is -0.388 e. The summed E-state index contributed by atoms with van der Waals surface area (Å²) in [5.41, 5.74) is 6.01. The maximum absolute atomic E-state index is 13.0. The lowest BCUT2D eigenvalue weighted by atomic mass is 9.44. The molecule has 5 heteroatoms. The number of carbonyl (C=O) groups excluding carboxylic acids is 1. The summed E-state index contributed by atoms with van der Waals surface area (Å²) in [6.45, 7) is 7.66. The van der Waals surface area contributed by atoms with Crippen LogP contribution in [0.4, 0.5) is 0 Å². The summed E-state index contributed by atoms with van der Waals surface area (Å²) in [6, 6.07) is 0. The topological polar surface area (TPSA) is 84.7 Å². The summed E-state index contributed by atoms with van der Waals surface area (Å²) in [7, 11) is 0. The molecule has 0 aromatic heterocycles. The second-order valence-electron chi connectivity index (χ2n) is 11.0. The van der Waals surface area contributed by atoms with Crippen LogP contribution in [-0.4, -0.2) is 23.8 Å². The highest BCUT2D eigenvalue weighted by atomic mass is 16.1. The molecule has 158 valence electrons. The number of hydrazone groups is 1. The molecular weight excluding hydrogens is 348 g/mol. The fraction of sp³-hybridized carbons (Fsp3) is 0.913. The highest BCUT2D eigenvalue weighted by Gasteiger charge is 2.60. The number of rotatable bonds is 4. The van der Waals surface area contributed by atoms with Gasteiger partial charge in [0.25, 0.3) is 0 Å². The second kappa shape index (κ2) is 7.30. The number of ketones is 1. The van der Waals surface area contributed by atoms with Crippen molar-refractivity contribution in [3.8, 4) is 0 Å². The molecule has 4 saturated carbocycles. The van der Waals surface area contributed by atoms with Crippen molar-refractivity contribution in [2.45, 2.75) is 78.6 Å². The molecule has 8 unspecified atom stereocenters. The Bertz CT molecular complexity index is 636. The third kappa shape index (κ3) is 3.09. The van der Waals surface area contributed by atoms with Crippen LogP contribution in [-0.2, 0) is 4.79 Å². The van der Waals surface area contributed by atoms with Gasteiger partial charge in [0.1, 0.15) is 12.9 Å². The van der Waals surface area contributed by atoms with Crippen molar-refractivity contribution in [1.82, 2.24) is 5.12 Å². The molecule has 0 bridgehead atoms. The van der Waals surface area contributed by atoms with Gasteiger partial charge in [0.2, 0.25) is 0 Å². The van der Waals surface area contributed by atoms with E-state index in [0.717, 1.165) is 36.4 Å². The van der Waals surface area contributed by atoms with E-state index in [1.165, 1.54) is 56.5 Å². The summed E-state index contributed by atoms with van der Waals surface area (Å²) in [6.07, 6.45) is 13.0. The monoisotopic (exact) mass is 388 g/mol. The molecule has 0 spiro atoms. The first-order chi connectivity index (χ1) is 13.3. The maximum atomic E-state index is 13.0. The number of nitrogens with zero attached hydrogens (tertiary/aromatic N) is 2. The third-order valence-electron chi connectivity index (χ3n) is 9.85. The smallest absolute Gasteiger partial charge is 0.159 e. The van der Waals surface area contributed by atoms with Crippen molar-refractivity contribution in [3.05, 3.63) is 0 Å². The fourth-order valence-corrected chi connectivity index (χ4v) is 8.40. The van der Waals surface area contributed by atoms with Crippen molar-refractivity contribution in [3.63, 3.8) is 0 Å². The molecule has 4 fully saturated rings. The lowest BCUT2D eigenvalue weighted by Crippen LogP contribution is -2.54. The van der Waals surface area contributed by atoms with Gasteiger partial charge in [-0.15, -0.1) is 0 Å². The van der Waals surface area contributed by atoms with Gasteiger partial charge in [-0.05, 0) is 91.8 Å². The van der Waals surface area contributed by atoms with E-state index in [4.69, 9.17) is 11.6 Å². The summed E-state index contributed by atoms with van der Waals surface area (Å²) < 4.78 is 0. The van der Waals surface area contributed by atoms with Crippen LogP contribution >= 0.6 is 0 Å². The SMILES string of the molecule is CC1CCC2(C)C(CCC3C2CCC2(C)C(C(=O)CN(N)/N=C\N)CCC32)C1. The lowest BCUT2D eigenvalue weighted by molar-refractivity contribution is -0.137. The largest absolute Gasteiger partial charge is 0.388 e. The minimum absolute atomic E-state index is 0.134. The van der Waals surface area contributed by atoms with Gasteiger partial charge in [0.15, 0.2) is 5.78 Å². The number of hydrogen-bond donors (Lipinski definition) is 2. The zero-order chi connectivity index (χ0) is 20.1. The van der Waals surface area contributed by atoms with E-state index in [0.29, 0.717) is 11.3 Å². The number of nitrogens with two attached hydrogens (primary N) is 2. The quantitative estimate of drug-likeness (QED) is 0.331. The van der Waals surface area contributed by atoms with Crippen LogP contribution in [0.1, 0.15) is 78.6 Å². The molecule has 0 aromatic carbocycles. The van der Waals surface area contributed by atoms with Gasteiger partial charge in [-0.3, -0.25) is 4.79 Å². The molecule has 0 aromatic rings. The van der Waals surface area contributed by atoms with E-state index >= 15 is 0 Å². The molecule has 4 aliphatic carbocycles. The van der Waals surface area contributed by atoms with Gasteiger partial charge in [0.05, 0.1) is 0 Å². The normalized spacial score (nSPS) is 48.0. The van der Waals surface area contributed by atoms with Gasteiger partial charge >= 0.3 is 0 Å². The molecule has 8 atom stereocenters. The van der Waals surface area contributed by atoms with Crippen LogP contribution in [0.5, 0.6) is 0 Å². The van der Waals surface area contributed by atoms with Gasteiger partial charge < -0.3 is 5.73 Å². The summed E-state index contributed by atoms with van der Waals surface area (Å²) in [5, 5.41) is 5.03. The molecule has 4 N–H and O–H groups in total. The molecule has 0 saturated heterocycles. The zero-order valence-electron chi connectivity index (χ0n) is 18.1. The van der Waals surface area contributed by atoms with Gasteiger partial charge in [0, 0.05) is 5.92 Å². The molecule has 0 aliphatic heterocycles. The van der Waals surface area contributed by atoms with Crippen LogP contribution in [0.2, 0.25) is 0 Å². The molecule has 0 amide bonds. The maximum Gasteiger partial charge on any atom is 0.159 e. The Morgan fingerprint density at radius 2 is 1.79 bits per heavy atom. The summed E-state index contributed by atoms with van der Waals surface area (Å²) >= 11 is 0. The molecular formula is C23H40N4O. The number of hydrazine groups is 1. The second-order valence-corrected chi connectivity index (χ2v) is 11.0. The number of hydrogen-bond acceptors (Lipinski definition) is 4. The van der Waals surface area contributed by atoms with Crippen LogP contribution < -0.4 is 11.6 Å². The molecule has 0 heterocycles. The highest BCUT2D eigenvalue weighted by Crippen LogP contribution is 2.67. The zero-order valence-corrected chi connectivity index (χ0v) is 18.1. The van der Waals surface area contributed by atoms with E-state index in [1.807, 2.05) is 0 Å². The molecule has 4 rings (SSSR count). The number of carbonyl (C=O) groups is 1. The van der Waals surface area contributed by atoms with Crippen molar-refractivity contribution in [1.29, 1.82) is 0 Å². The predicted octanol–water partition coefficient (Wildman–Crippen LogP) is 3.93. The number of fused-ring (bicyclic) bond motifs is 5. The van der Waals surface area contributed by atoms with E-state index in [2.05, 4.69) is 25.9 Å². The first-order valence-corrected chi connectivity index (χ1v) is 11.6. The molecule has 5 nitrogen and oxygen atoms in total. The summed E-state index contributed by atoms with van der Waals surface area (Å²) in [5.74, 6) is 10.4. The van der Waals surface area contributed by atoms with E-state index < -0.39 is 0 Å². The van der Waals surface area contributed by atoms with E-state index in [1.54, 1.807) is 0 Å². The fourth-order valence-electron chi connectivity index (χ4n) is 8.40. The van der Waals surface area contributed by atoms with Crippen molar-refractivity contribution in [2.24, 2.45) is 63.0 Å². The molecule has 4 aliphatic rings. The Hall–Kier alpha value is -1.10. The van der Waals surface area contributed by atoms with Crippen molar-refractivity contribution < 1.29 is 4.79 Å². The van der Waals surface area contributed by atoms with Crippen molar-refractivity contribution >= 4 is 12.1 Å². The molecule has 0 radical (unpaired) electrons. The first kappa shape index (κ1) is 20.2. The van der Waals surface area contributed by atoms with E-state index in [-0.39, 0.29) is 23.7 Å². The Balaban J connectivity index is 1.51. The molecule has 28 heavy (non-hydrogen) atoms. The van der Waals surface area contributed by atoms with Gasteiger partial charge in [-0.1, -0.05) is 27.2 Å².